The Balaban J connectivity index is 1.62. The topological polar surface area (TPSA) is 107 Å². The number of hydrogen-bond acceptors (Lipinski definition) is 6. The van der Waals surface area contributed by atoms with Gasteiger partial charge in [0, 0.05) is 30.2 Å². The maximum atomic E-state index is 12.5. The minimum Gasteiger partial charge on any atom is -0.493 e. The van der Waals surface area contributed by atoms with Crippen LogP contribution in [0.1, 0.15) is 21.5 Å². The third kappa shape index (κ3) is 6.71. The second kappa shape index (κ2) is 9.94. The molecule has 2 aromatic carbocycles. The zero-order chi connectivity index (χ0) is 22.3. The van der Waals surface area contributed by atoms with E-state index < -0.39 is 10.0 Å². The van der Waals surface area contributed by atoms with Gasteiger partial charge in [0.2, 0.25) is 10.0 Å². The Labute approximate surface area is 181 Å². The van der Waals surface area contributed by atoms with E-state index in [0.717, 1.165) is 17.4 Å². The van der Waals surface area contributed by atoms with E-state index in [1.807, 2.05) is 18.2 Å². The predicted molar refractivity (Wildman–Crippen MR) is 118 cm³/mol. The van der Waals surface area contributed by atoms with Gasteiger partial charge in [-0.25, -0.2) is 8.42 Å². The summed E-state index contributed by atoms with van der Waals surface area (Å²) in [5.41, 5.74) is 2.48. The van der Waals surface area contributed by atoms with Gasteiger partial charge in [-0.05, 0) is 53.6 Å². The summed E-state index contributed by atoms with van der Waals surface area (Å²) in [5.74, 6) is 0.822. The number of anilines is 1. The quantitative estimate of drug-likeness (QED) is 0.529. The molecule has 0 aliphatic heterocycles. The molecule has 1 aromatic heterocycles. The lowest BCUT2D eigenvalue weighted by Crippen LogP contribution is -2.23. The molecule has 0 bridgehead atoms. The molecule has 0 radical (unpaired) electrons. The van der Waals surface area contributed by atoms with Crippen molar-refractivity contribution >= 4 is 21.6 Å². The van der Waals surface area contributed by atoms with Gasteiger partial charge >= 0.3 is 0 Å². The molecule has 1 heterocycles. The number of carbonyl (C=O) groups is 1. The van der Waals surface area contributed by atoms with Crippen molar-refractivity contribution in [3.05, 3.63) is 83.7 Å². The predicted octanol–water partition coefficient (Wildman–Crippen LogP) is 2.97. The number of nitrogens with zero attached hydrogens (tertiary/aromatic N) is 1. The van der Waals surface area contributed by atoms with Crippen molar-refractivity contribution in [2.75, 3.05) is 18.1 Å². The third-order valence-corrected chi connectivity index (χ3v) is 4.86. The molecule has 0 saturated heterocycles. The summed E-state index contributed by atoms with van der Waals surface area (Å²) in [6.07, 6.45) is 4.46. The normalized spacial score (nSPS) is 10.9. The van der Waals surface area contributed by atoms with Gasteiger partial charge < -0.3 is 14.8 Å². The van der Waals surface area contributed by atoms with Gasteiger partial charge in [-0.2, -0.15) is 0 Å². The fourth-order valence-corrected chi connectivity index (χ4v) is 3.36. The Hall–Kier alpha value is -3.59. The van der Waals surface area contributed by atoms with E-state index in [2.05, 4.69) is 15.0 Å². The number of hydrogen-bond donors (Lipinski definition) is 2. The van der Waals surface area contributed by atoms with Gasteiger partial charge in [-0.15, -0.1) is 0 Å². The summed E-state index contributed by atoms with van der Waals surface area (Å²) in [6, 6.07) is 15.4. The summed E-state index contributed by atoms with van der Waals surface area (Å²) in [4.78, 5) is 16.4. The molecule has 0 unspecified atom stereocenters. The van der Waals surface area contributed by atoms with Crippen molar-refractivity contribution in [3.63, 3.8) is 0 Å². The lowest BCUT2D eigenvalue weighted by molar-refractivity contribution is 0.0951. The van der Waals surface area contributed by atoms with Gasteiger partial charge in [-0.3, -0.25) is 14.5 Å². The number of aromatic nitrogens is 1. The molecule has 3 aromatic rings. The van der Waals surface area contributed by atoms with Crippen LogP contribution in [0.2, 0.25) is 0 Å². The first kappa shape index (κ1) is 22.1. The lowest BCUT2D eigenvalue weighted by Gasteiger charge is -2.13. The number of benzene rings is 2. The molecule has 31 heavy (non-hydrogen) atoms. The standard InChI is InChI=1S/C22H23N3O5S/c1-29-21-12-17(6-7-20(21)30-15-16-8-10-23-11-9-16)14-24-22(26)18-4-3-5-19(13-18)25-31(2,27)28/h3-13,25H,14-15H2,1-2H3,(H,24,26). The maximum absolute atomic E-state index is 12.5. The van der Waals surface area contributed by atoms with Crippen molar-refractivity contribution in [2.45, 2.75) is 13.2 Å². The van der Waals surface area contributed by atoms with Gasteiger partial charge in [0.05, 0.1) is 13.4 Å². The van der Waals surface area contributed by atoms with Crippen LogP contribution >= 0.6 is 0 Å². The fraction of sp³-hybridized carbons (Fsp3) is 0.182. The second-order valence-electron chi connectivity index (χ2n) is 6.77. The molecule has 8 nitrogen and oxygen atoms in total. The zero-order valence-corrected chi connectivity index (χ0v) is 18.0. The minimum absolute atomic E-state index is 0.267. The Morgan fingerprint density at radius 2 is 1.77 bits per heavy atom. The Bertz CT molecular complexity index is 1150. The molecule has 1 amide bonds. The number of ether oxygens (including phenoxy) is 2. The largest absolute Gasteiger partial charge is 0.493 e. The van der Waals surface area contributed by atoms with E-state index in [-0.39, 0.29) is 12.5 Å². The highest BCUT2D eigenvalue weighted by atomic mass is 32.2. The summed E-state index contributed by atoms with van der Waals surface area (Å²) in [5, 5.41) is 2.81. The summed E-state index contributed by atoms with van der Waals surface area (Å²) in [6.45, 7) is 0.649. The molecular weight excluding hydrogens is 418 g/mol. The van der Waals surface area contributed by atoms with E-state index in [1.54, 1.807) is 49.8 Å². The Morgan fingerprint density at radius 1 is 1.00 bits per heavy atom. The smallest absolute Gasteiger partial charge is 0.251 e. The molecule has 0 fully saturated rings. The van der Waals surface area contributed by atoms with Gasteiger partial charge in [-0.1, -0.05) is 12.1 Å². The van der Waals surface area contributed by atoms with E-state index in [4.69, 9.17) is 9.47 Å². The average Bonchev–Trinajstić information content (AvgIpc) is 2.76. The number of methoxy groups -OCH3 is 1. The fourth-order valence-electron chi connectivity index (χ4n) is 2.80. The van der Waals surface area contributed by atoms with Crippen LogP contribution in [0.5, 0.6) is 11.5 Å². The first-order valence-corrected chi connectivity index (χ1v) is 11.3. The Kier molecular flexibility index (Phi) is 7.09. The van der Waals surface area contributed by atoms with Gasteiger partial charge in [0.25, 0.3) is 5.91 Å². The number of carbonyl (C=O) groups excluding carboxylic acids is 1. The molecular formula is C22H23N3O5S. The first-order valence-electron chi connectivity index (χ1n) is 9.39. The first-order chi connectivity index (χ1) is 14.8. The van der Waals surface area contributed by atoms with Crippen molar-refractivity contribution < 1.29 is 22.7 Å². The van der Waals surface area contributed by atoms with Crippen LogP contribution < -0.4 is 19.5 Å². The molecule has 162 valence electrons. The van der Waals surface area contributed by atoms with Crippen LogP contribution in [0, 0.1) is 0 Å². The van der Waals surface area contributed by atoms with Crippen LogP contribution in [-0.4, -0.2) is 32.7 Å². The average molecular weight is 442 g/mol. The minimum atomic E-state index is -3.42. The van der Waals surface area contributed by atoms with Gasteiger partial charge in [0.15, 0.2) is 11.5 Å². The van der Waals surface area contributed by atoms with Crippen LogP contribution in [0.4, 0.5) is 5.69 Å². The highest BCUT2D eigenvalue weighted by Gasteiger charge is 2.10. The highest BCUT2D eigenvalue weighted by Crippen LogP contribution is 2.29. The van der Waals surface area contributed by atoms with Crippen molar-refractivity contribution in [1.82, 2.24) is 10.3 Å². The summed E-state index contributed by atoms with van der Waals surface area (Å²) in [7, 11) is -1.87. The SMILES string of the molecule is COc1cc(CNC(=O)c2cccc(NS(C)(=O)=O)c2)ccc1OCc1ccncc1. The van der Waals surface area contributed by atoms with Crippen molar-refractivity contribution in [3.8, 4) is 11.5 Å². The molecule has 9 heteroatoms. The van der Waals surface area contributed by atoms with E-state index >= 15 is 0 Å². The summed E-state index contributed by atoms with van der Waals surface area (Å²) >= 11 is 0. The number of sulfonamides is 1. The van der Waals surface area contributed by atoms with Crippen molar-refractivity contribution in [1.29, 1.82) is 0 Å². The van der Waals surface area contributed by atoms with Crippen molar-refractivity contribution in [2.24, 2.45) is 0 Å². The van der Waals surface area contributed by atoms with Crippen LogP contribution in [0.3, 0.4) is 0 Å². The zero-order valence-electron chi connectivity index (χ0n) is 17.2. The number of nitrogens with one attached hydrogen (secondary N) is 2. The van der Waals surface area contributed by atoms with Crippen LogP contribution in [-0.2, 0) is 23.2 Å². The number of pyridine rings is 1. The van der Waals surface area contributed by atoms with Crippen LogP contribution in [0.25, 0.3) is 0 Å². The van der Waals surface area contributed by atoms with E-state index in [0.29, 0.717) is 29.4 Å². The van der Waals surface area contributed by atoms with Crippen LogP contribution in [0.15, 0.2) is 67.0 Å². The Morgan fingerprint density at radius 3 is 2.48 bits per heavy atom. The lowest BCUT2D eigenvalue weighted by atomic mass is 10.1. The molecule has 3 rings (SSSR count). The summed E-state index contributed by atoms with van der Waals surface area (Å²) < 4.78 is 36.3. The molecule has 0 aliphatic rings. The molecule has 2 N–H and O–H groups in total. The van der Waals surface area contributed by atoms with Gasteiger partial charge in [0.1, 0.15) is 6.61 Å². The second-order valence-corrected chi connectivity index (χ2v) is 8.52. The molecule has 0 atom stereocenters. The highest BCUT2D eigenvalue weighted by molar-refractivity contribution is 7.92. The monoisotopic (exact) mass is 441 g/mol. The van der Waals surface area contributed by atoms with E-state index in [9.17, 15) is 13.2 Å². The number of amides is 1. The third-order valence-electron chi connectivity index (χ3n) is 4.25. The molecule has 0 aliphatic carbocycles. The maximum Gasteiger partial charge on any atom is 0.251 e. The molecule has 0 spiro atoms. The number of rotatable bonds is 9. The molecule has 0 saturated carbocycles. The van der Waals surface area contributed by atoms with E-state index in [1.165, 1.54) is 6.07 Å².